The number of hydrogen-bond acceptors (Lipinski definition) is 4. The van der Waals surface area contributed by atoms with Crippen molar-refractivity contribution >= 4 is 16.9 Å². The predicted molar refractivity (Wildman–Crippen MR) is 108 cm³/mol. The molecule has 1 amide bonds. The summed E-state index contributed by atoms with van der Waals surface area (Å²) in [6, 6.07) is 13.3. The lowest BCUT2D eigenvalue weighted by Gasteiger charge is -2.14. The Morgan fingerprint density at radius 3 is 2.86 bits per heavy atom. The van der Waals surface area contributed by atoms with Crippen LogP contribution >= 0.6 is 0 Å². The van der Waals surface area contributed by atoms with E-state index in [1.165, 1.54) is 0 Å². The quantitative estimate of drug-likeness (QED) is 0.742. The number of aromatic nitrogens is 2. The highest BCUT2D eigenvalue weighted by molar-refractivity contribution is 5.96. The number of nitrogens with zero attached hydrogens (tertiary/aromatic N) is 2. The van der Waals surface area contributed by atoms with Crippen molar-refractivity contribution in [2.45, 2.75) is 32.4 Å². The normalized spacial score (nSPS) is 16.4. The molecule has 0 saturated carbocycles. The molecule has 1 unspecified atom stereocenters. The monoisotopic (exact) mass is 377 g/mol. The minimum absolute atomic E-state index is 0.0286. The molecule has 144 valence electrons. The highest BCUT2D eigenvalue weighted by atomic mass is 16.5. The Morgan fingerprint density at radius 2 is 2.11 bits per heavy atom. The van der Waals surface area contributed by atoms with E-state index >= 15 is 0 Å². The number of carbonyl (C=O) groups excluding carboxylic acids is 1. The molecule has 0 spiro atoms. The molecule has 1 N–H and O–H groups in total. The average molecular weight is 377 g/mol. The van der Waals surface area contributed by atoms with Crippen molar-refractivity contribution in [3.63, 3.8) is 0 Å². The van der Waals surface area contributed by atoms with E-state index in [4.69, 9.17) is 4.74 Å². The van der Waals surface area contributed by atoms with Crippen LogP contribution < -0.4 is 10.9 Å². The van der Waals surface area contributed by atoms with E-state index in [1.807, 2.05) is 37.3 Å². The Balaban J connectivity index is 1.69. The first-order valence-electron chi connectivity index (χ1n) is 9.56. The lowest BCUT2D eigenvalue weighted by molar-refractivity contribution is 0.0856. The third-order valence-electron chi connectivity index (χ3n) is 5.07. The summed E-state index contributed by atoms with van der Waals surface area (Å²) in [5, 5.41) is 3.61. The van der Waals surface area contributed by atoms with Crippen molar-refractivity contribution < 1.29 is 9.53 Å². The van der Waals surface area contributed by atoms with Gasteiger partial charge in [0.25, 0.3) is 11.5 Å². The Hall–Kier alpha value is -2.99. The molecular weight excluding hydrogens is 354 g/mol. The van der Waals surface area contributed by atoms with Crippen LogP contribution in [0.2, 0.25) is 0 Å². The summed E-state index contributed by atoms with van der Waals surface area (Å²) in [7, 11) is 0. The van der Waals surface area contributed by atoms with Gasteiger partial charge in [-0.15, -0.1) is 0 Å². The Morgan fingerprint density at radius 1 is 1.29 bits per heavy atom. The summed E-state index contributed by atoms with van der Waals surface area (Å²) in [5.41, 5.74) is 2.50. The Kier molecular flexibility index (Phi) is 5.21. The van der Waals surface area contributed by atoms with Gasteiger partial charge in [0.2, 0.25) is 0 Å². The molecular formula is C22H23N3O3. The fourth-order valence-corrected chi connectivity index (χ4v) is 3.50. The number of benzene rings is 1. The summed E-state index contributed by atoms with van der Waals surface area (Å²) in [5.74, 6) is -0.371. The third-order valence-corrected chi connectivity index (χ3v) is 5.07. The van der Waals surface area contributed by atoms with E-state index in [0.717, 1.165) is 36.0 Å². The number of amides is 1. The van der Waals surface area contributed by atoms with Gasteiger partial charge in [-0.2, -0.15) is 0 Å². The van der Waals surface area contributed by atoms with Gasteiger partial charge in [0, 0.05) is 24.7 Å². The van der Waals surface area contributed by atoms with Crippen LogP contribution in [-0.4, -0.2) is 34.7 Å². The van der Waals surface area contributed by atoms with Gasteiger partial charge < -0.3 is 10.1 Å². The lowest BCUT2D eigenvalue weighted by atomic mass is 10.1. The van der Waals surface area contributed by atoms with E-state index in [1.54, 1.807) is 22.9 Å². The van der Waals surface area contributed by atoms with Crippen LogP contribution in [0.1, 0.15) is 34.3 Å². The second-order valence-corrected chi connectivity index (χ2v) is 7.20. The fourth-order valence-electron chi connectivity index (χ4n) is 3.50. The molecule has 1 aliphatic heterocycles. The number of carbonyl (C=O) groups is 1. The highest BCUT2D eigenvalue weighted by Gasteiger charge is 2.20. The zero-order valence-corrected chi connectivity index (χ0v) is 15.9. The molecule has 0 bridgehead atoms. The Labute approximate surface area is 163 Å². The molecule has 3 heterocycles. The standard InChI is InChI=1S/C22H23N3O3/c1-15-6-8-16(9-7-15)14-25-20-17(4-2-10-23-20)12-19(22(25)27)21(26)24-13-18-5-3-11-28-18/h2,4,6-10,12,18H,3,5,11,13-14H2,1H3,(H,24,26). The molecule has 2 aromatic heterocycles. The van der Waals surface area contributed by atoms with E-state index in [-0.39, 0.29) is 23.1 Å². The lowest BCUT2D eigenvalue weighted by Crippen LogP contribution is -2.37. The predicted octanol–water partition coefficient (Wildman–Crippen LogP) is 2.66. The number of rotatable bonds is 5. The second kappa shape index (κ2) is 7.94. The van der Waals surface area contributed by atoms with Crippen molar-refractivity contribution in [1.82, 2.24) is 14.9 Å². The van der Waals surface area contributed by atoms with Crippen LogP contribution in [0.5, 0.6) is 0 Å². The summed E-state index contributed by atoms with van der Waals surface area (Å²) in [4.78, 5) is 30.2. The molecule has 6 heteroatoms. The molecule has 6 nitrogen and oxygen atoms in total. The van der Waals surface area contributed by atoms with Crippen molar-refractivity contribution in [3.05, 3.63) is 75.7 Å². The molecule has 0 radical (unpaired) electrons. The zero-order valence-electron chi connectivity index (χ0n) is 15.9. The molecule has 1 fully saturated rings. The van der Waals surface area contributed by atoms with Gasteiger partial charge in [0.15, 0.2) is 0 Å². The van der Waals surface area contributed by atoms with E-state index in [2.05, 4.69) is 10.3 Å². The smallest absolute Gasteiger partial charge is 0.265 e. The van der Waals surface area contributed by atoms with Gasteiger partial charge in [-0.1, -0.05) is 29.8 Å². The highest BCUT2D eigenvalue weighted by Crippen LogP contribution is 2.14. The zero-order chi connectivity index (χ0) is 19.5. The SMILES string of the molecule is Cc1ccc(Cn2c(=O)c(C(=O)NCC3CCCO3)cc3cccnc32)cc1. The first-order valence-corrected chi connectivity index (χ1v) is 9.56. The first kappa shape index (κ1) is 18.4. The third kappa shape index (κ3) is 3.82. The van der Waals surface area contributed by atoms with Crippen molar-refractivity contribution in [3.8, 4) is 0 Å². The van der Waals surface area contributed by atoms with Crippen LogP contribution in [0.15, 0.2) is 53.5 Å². The summed E-state index contributed by atoms with van der Waals surface area (Å²) in [6.45, 7) is 3.53. The average Bonchev–Trinajstić information content (AvgIpc) is 3.23. The Bertz CT molecular complexity index is 1050. The number of hydrogen-bond donors (Lipinski definition) is 1. The van der Waals surface area contributed by atoms with Crippen LogP contribution in [0.4, 0.5) is 0 Å². The number of nitrogens with one attached hydrogen (secondary N) is 1. The maximum absolute atomic E-state index is 13.1. The van der Waals surface area contributed by atoms with Crippen molar-refractivity contribution in [1.29, 1.82) is 0 Å². The molecule has 0 aliphatic carbocycles. The summed E-state index contributed by atoms with van der Waals surface area (Å²) in [6.07, 6.45) is 3.62. The fraction of sp³-hybridized carbons (Fsp3) is 0.318. The van der Waals surface area contributed by atoms with Crippen molar-refractivity contribution in [2.75, 3.05) is 13.2 Å². The first-order chi connectivity index (χ1) is 13.6. The number of aryl methyl sites for hydroxylation is 1. The molecule has 4 rings (SSSR count). The molecule has 28 heavy (non-hydrogen) atoms. The number of ether oxygens (including phenoxy) is 1. The minimum atomic E-state index is -0.371. The summed E-state index contributed by atoms with van der Waals surface area (Å²) >= 11 is 0. The maximum atomic E-state index is 13.1. The molecule has 1 aromatic carbocycles. The molecule has 1 atom stereocenters. The van der Waals surface area contributed by atoms with Gasteiger partial charge in [0.1, 0.15) is 11.2 Å². The number of fused-ring (bicyclic) bond motifs is 1. The second-order valence-electron chi connectivity index (χ2n) is 7.20. The number of pyridine rings is 2. The molecule has 3 aromatic rings. The molecule has 1 aliphatic rings. The summed E-state index contributed by atoms with van der Waals surface area (Å²) < 4.78 is 7.11. The van der Waals surface area contributed by atoms with E-state index in [9.17, 15) is 9.59 Å². The van der Waals surface area contributed by atoms with Gasteiger partial charge in [-0.25, -0.2) is 4.98 Å². The van der Waals surface area contributed by atoms with Crippen molar-refractivity contribution in [2.24, 2.45) is 0 Å². The van der Waals surface area contributed by atoms with Crippen LogP contribution in [0, 0.1) is 6.92 Å². The maximum Gasteiger partial charge on any atom is 0.265 e. The van der Waals surface area contributed by atoms with Crippen LogP contribution in [0.3, 0.4) is 0 Å². The van der Waals surface area contributed by atoms with Crippen LogP contribution in [0.25, 0.3) is 11.0 Å². The van der Waals surface area contributed by atoms with Gasteiger partial charge >= 0.3 is 0 Å². The van der Waals surface area contributed by atoms with E-state index in [0.29, 0.717) is 18.7 Å². The largest absolute Gasteiger partial charge is 0.376 e. The van der Waals surface area contributed by atoms with Gasteiger partial charge in [0.05, 0.1) is 12.6 Å². The minimum Gasteiger partial charge on any atom is -0.376 e. The van der Waals surface area contributed by atoms with Gasteiger partial charge in [-0.3, -0.25) is 14.2 Å². The van der Waals surface area contributed by atoms with Crippen LogP contribution in [-0.2, 0) is 11.3 Å². The molecule has 1 saturated heterocycles. The van der Waals surface area contributed by atoms with E-state index < -0.39 is 0 Å². The van der Waals surface area contributed by atoms with Gasteiger partial charge in [-0.05, 0) is 43.5 Å². The topological polar surface area (TPSA) is 73.2 Å².